The number of aliphatic hydroxyl groups excluding tert-OH is 2. The van der Waals surface area contributed by atoms with Crippen LogP contribution in [-0.4, -0.2) is 57.6 Å². The zero-order chi connectivity index (χ0) is 26.6. The number of nitrogens with zero attached hydrogens (tertiary/aromatic N) is 1. The van der Waals surface area contributed by atoms with Crippen molar-refractivity contribution in [3.8, 4) is 11.1 Å². The van der Waals surface area contributed by atoms with E-state index in [1.807, 2.05) is 72.9 Å². The van der Waals surface area contributed by atoms with E-state index in [4.69, 9.17) is 16.4 Å². The van der Waals surface area contributed by atoms with Gasteiger partial charge in [0, 0.05) is 34.6 Å². The number of carbonyl (C=O) groups excluding carboxylic acids is 1. The summed E-state index contributed by atoms with van der Waals surface area (Å²) in [5.41, 5.74) is 5.24. The molecule has 0 spiro atoms. The van der Waals surface area contributed by atoms with E-state index in [-0.39, 0.29) is 12.5 Å². The maximum Gasteiger partial charge on any atom is 0.240 e. The lowest BCUT2D eigenvalue weighted by atomic mass is 9.92. The molecule has 7 nitrogen and oxygen atoms in total. The molecule has 0 unspecified atom stereocenters. The average molecular weight is 534 g/mol. The second-order valence-electron chi connectivity index (χ2n) is 9.78. The highest BCUT2D eigenvalue weighted by molar-refractivity contribution is 6.30. The molecule has 1 aliphatic rings. The maximum absolute atomic E-state index is 13.4. The van der Waals surface area contributed by atoms with Crippen LogP contribution >= 0.6 is 11.6 Å². The van der Waals surface area contributed by atoms with Crippen molar-refractivity contribution in [3.63, 3.8) is 0 Å². The summed E-state index contributed by atoms with van der Waals surface area (Å²) in [5, 5.41) is 26.9. The summed E-state index contributed by atoms with van der Waals surface area (Å²) in [7, 11) is 0. The minimum absolute atomic E-state index is 0.232. The molecule has 5 rings (SSSR count). The molecule has 3 aromatic carbocycles. The van der Waals surface area contributed by atoms with Gasteiger partial charge in [0.25, 0.3) is 0 Å². The molecule has 1 aliphatic heterocycles. The fourth-order valence-electron chi connectivity index (χ4n) is 5.19. The lowest BCUT2D eigenvalue weighted by molar-refractivity contribution is -0.192. The van der Waals surface area contributed by atoms with E-state index in [2.05, 4.69) is 16.4 Å². The molecule has 38 heavy (non-hydrogen) atoms. The topological polar surface area (TPSA) is 97.8 Å². The largest absolute Gasteiger partial charge is 0.396 e. The van der Waals surface area contributed by atoms with Gasteiger partial charge in [-0.25, -0.2) is 0 Å². The Morgan fingerprint density at radius 1 is 1.08 bits per heavy atom. The Labute approximate surface area is 227 Å². The lowest BCUT2D eigenvalue weighted by Crippen LogP contribution is -2.48. The van der Waals surface area contributed by atoms with Crippen LogP contribution in [0.2, 0.25) is 5.02 Å². The van der Waals surface area contributed by atoms with Crippen molar-refractivity contribution in [2.45, 2.75) is 38.1 Å². The van der Waals surface area contributed by atoms with E-state index in [0.29, 0.717) is 24.5 Å². The van der Waals surface area contributed by atoms with E-state index >= 15 is 0 Å². The summed E-state index contributed by atoms with van der Waals surface area (Å²) in [4.78, 5) is 22.7. The van der Waals surface area contributed by atoms with Gasteiger partial charge in [0.05, 0.1) is 19.3 Å². The van der Waals surface area contributed by atoms with Gasteiger partial charge in [0.2, 0.25) is 5.91 Å². The van der Waals surface area contributed by atoms with Crippen molar-refractivity contribution >= 4 is 28.4 Å². The smallest absolute Gasteiger partial charge is 0.240 e. The Morgan fingerprint density at radius 2 is 1.76 bits per heavy atom. The standard InChI is InChI=1S/C30H32ClN3O4/c1-19(36)29-26(18-35)28(30(37)32-15-14-23-16-33-27-5-3-2-4-25(23)27)34(38-29)17-20-6-8-21(9-7-20)22-10-12-24(31)13-11-22/h2-13,16,19,26,28-29,33,35-36H,14-15,17-18H2,1H3,(H,32,37)/t19-,26-,28-,29-/m0/s1. The molecule has 8 heteroatoms. The van der Waals surface area contributed by atoms with Crippen LogP contribution in [0.1, 0.15) is 18.1 Å². The first-order valence-electron chi connectivity index (χ1n) is 12.8. The number of rotatable bonds is 9. The number of hydrogen-bond acceptors (Lipinski definition) is 5. The molecular formula is C30H32ClN3O4. The maximum atomic E-state index is 13.4. The highest BCUT2D eigenvalue weighted by atomic mass is 35.5. The number of benzene rings is 3. The molecule has 0 radical (unpaired) electrons. The van der Waals surface area contributed by atoms with E-state index in [0.717, 1.165) is 33.2 Å². The third-order valence-electron chi connectivity index (χ3n) is 7.19. The van der Waals surface area contributed by atoms with Gasteiger partial charge in [-0.05, 0) is 53.8 Å². The van der Waals surface area contributed by atoms with Crippen molar-refractivity contribution in [1.82, 2.24) is 15.4 Å². The highest BCUT2D eigenvalue weighted by Gasteiger charge is 2.48. The number of para-hydroxylation sites is 1. The van der Waals surface area contributed by atoms with Crippen LogP contribution in [0.15, 0.2) is 79.0 Å². The van der Waals surface area contributed by atoms with Gasteiger partial charge in [-0.15, -0.1) is 0 Å². The van der Waals surface area contributed by atoms with Crippen LogP contribution in [0.3, 0.4) is 0 Å². The SMILES string of the molecule is C[C@H](O)[C@@H]1ON(Cc2ccc(-c3ccc(Cl)cc3)cc2)[C@H](C(=O)NCCc2c[nH]c3ccccc23)[C@@H]1CO. The predicted molar refractivity (Wildman–Crippen MR) is 148 cm³/mol. The molecule has 2 heterocycles. The second kappa shape index (κ2) is 11.7. The van der Waals surface area contributed by atoms with E-state index in [1.165, 1.54) is 0 Å². The minimum Gasteiger partial charge on any atom is -0.396 e. The van der Waals surface area contributed by atoms with Crippen molar-refractivity contribution < 1.29 is 19.8 Å². The molecule has 0 aliphatic carbocycles. The van der Waals surface area contributed by atoms with Crippen LogP contribution < -0.4 is 5.32 Å². The number of hydrogen-bond donors (Lipinski definition) is 4. The molecule has 4 N–H and O–H groups in total. The number of amides is 1. The third kappa shape index (κ3) is 5.62. The second-order valence-corrected chi connectivity index (χ2v) is 10.2. The van der Waals surface area contributed by atoms with Crippen molar-refractivity contribution in [3.05, 3.63) is 95.1 Å². The Kier molecular flexibility index (Phi) is 8.12. The molecule has 198 valence electrons. The molecule has 1 saturated heterocycles. The van der Waals surface area contributed by atoms with Gasteiger partial charge in [0.15, 0.2) is 0 Å². The van der Waals surface area contributed by atoms with E-state index in [9.17, 15) is 15.0 Å². The summed E-state index contributed by atoms with van der Waals surface area (Å²) < 4.78 is 0. The summed E-state index contributed by atoms with van der Waals surface area (Å²) in [6.07, 6.45) is 1.11. The summed E-state index contributed by atoms with van der Waals surface area (Å²) in [5.74, 6) is -0.791. The summed E-state index contributed by atoms with van der Waals surface area (Å²) in [6.45, 7) is 2.12. The van der Waals surface area contributed by atoms with Gasteiger partial charge in [-0.3, -0.25) is 9.63 Å². The van der Waals surface area contributed by atoms with Gasteiger partial charge < -0.3 is 20.5 Å². The van der Waals surface area contributed by atoms with E-state index in [1.54, 1.807) is 12.0 Å². The zero-order valence-electron chi connectivity index (χ0n) is 21.2. The molecule has 0 bridgehead atoms. The van der Waals surface area contributed by atoms with Crippen LogP contribution in [-0.2, 0) is 22.6 Å². The first-order chi connectivity index (χ1) is 18.4. The fourth-order valence-corrected chi connectivity index (χ4v) is 5.32. The number of fused-ring (bicyclic) bond motifs is 1. The Hall–Kier alpha value is -3.20. The van der Waals surface area contributed by atoms with Gasteiger partial charge in [0.1, 0.15) is 12.1 Å². The first kappa shape index (κ1) is 26.4. The number of aromatic nitrogens is 1. The molecule has 1 aromatic heterocycles. The van der Waals surface area contributed by atoms with Crippen LogP contribution in [0, 0.1) is 5.92 Å². The molecule has 4 atom stereocenters. The molecular weight excluding hydrogens is 502 g/mol. The Bertz CT molecular complexity index is 1370. The zero-order valence-corrected chi connectivity index (χ0v) is 21.9. The van der Waals surface area contributed by atoms with E-state index < -0.39 is 24.2 Å². The van der Waals surface area contributed by atoms with Crippen molar-refractivity contribution in [2.75, 3.05) is 13.2 Å². The fraction of sp³-hybridized carbons (Fsp3) is 0.300. The summed E-state index contributed by atoms with van der Waals surface area (Å²) >= 11 is 6.01. The van der Waals surface area contributed by atoms with Gasteiger partial charge in [-0.1, -0.05) is 66.2 Å². The number of nitrogens with one attached hydrogen (secondary N) is 2. The van der Waals surface area contributed by atoms with Crippen LogP contribution in [0.5, 0.6) is 0 Å². The average Bonchev–Trinajstić information content (AvgIpc) is 3.51. The van der Waals surface area contributed by atoms with Crippen molar-refractivity contribution in [1.29, 1.82) is 0 Å². The third-order valence-corrected chi connectivity index (χ3v) is 7.44. The number of hydroxylamine groups is 2. The number of aromatic amines is 1. The summed E-state index contributed by atoms with van der Waals surface area (Å²) in [6, 6.07) is 23.0. The molecule has 4 aromatic rings. The number of halogens is 1. The molecule has 0 saturated carbocycles. The number of carbonyl (C=O) groups is 1. The Balaban J connectivity index is 1.28. The minimum atomic E-state index is -0.842. The highest BCUT2D eigenvalue weighted by Crippen LogP contribution is 2.32. The van der Waals surface area contributed by atoms with Gasteiger partial charge >= 0.3 is 0 Å². The monoisotopic (exact) mass is 533 g/mol. The first-order valence-corrected chi connectivity index (χ1v) is 13.2. The number of aliphatic hydroxyl groups is 2. The lowest BCUT2D eigenvalue weighted by Gasteiger charge is -2.24. The van der Waals surface area contributed by atoms with Crippen LogP contribution in [0.25, 0.3) is 22.0 Å². The van der Waals surface area contributed by atoms with Gasteiger partial charge in [-0.2, -0.15) is 5.06 Å². The quantitative estimate of drug-likeness (QED) is 0.257. The normalized spacial score (nSPS) is 20.6. The molecule has 1 amide bonds. The van der Waals surface area contributed by atoms with Crippen LogP contribution in [0.4, 0.5) is 0 Å². The van der Waals surface area contributed by atoms with Crippen molar-refractivity contribution in [2.24, 2.45) is 5.92 Å². The predicted octanol–water partition coefficient (Wildman–Crippen LogP) is 4.32. The number of H-pyrrole nitrogens is 1. The molecule has 1 fully saturated rings. The Morgan fingerprint density at radius 3 is 2.45 bits per heavy atom.